The second kappa shape index (κ2) is 9.57. The summed E-state index contributed by atoms with van der Waals surface area (Å²) in [6.45, 7) is 3.73. The van der Waals surface area contributed by atoms with Gasteiger partial charge in [-0.2, -0.15) is 0 Å². The summed E-state index contributed by atoms with van der Waals surface area (Å²) in [5.41, 5.74) is 1.95. The highest BCUT2D eigenvalue weighted by molar-refractivity contribution is 5.79. The van der Waals surface area contributed by atoms with E-state index in [-0.39, 0.29) is 0 Å². The molecule has 0 heterocycles. The van der Waals surface area contributed by atoms with E-state index in [1.807, 2.05) is 61.5 Å². The van der Waals surface area contributed by atoms with Crippen LogP contribution in [0.25, 0.3) is 0 Å². The van der Waals surface area contributed by atoms with Gasteiger partial charge in [0.1, 0.15) is 5.75 Å². The summed E-state index contributed by atoms with van der Waals surface area (Å²) in [6, 6.07) is 17.5. The third kappa shape index (κ3) is 5.59. The molecular formula is C19H25N3O2. The zero-order valence-corrected chi connectivity index (χ0v) is 14.2. The highest BCUT2D eigenvalue weighted by Gasteiger charge is 2.09. The number of guanidine groups is 1. The summed E-state index contributed by atoms with van der Waals surface area (Å²) in [4.78, 5) is 4.54. The normalized spacial score (nSPS) is 12.5. The molecular weight excluding hydrogens is 302 g/mol. The van der Waals surface area contributed by atoms with E-state index in [1.54, 1.807) is 7.11 Å². The number of rotatable bonds is 7. The number of nitrogens with one attached hydrogen (secondary N) is 2. The Morgan fingerprint density at radius 1 is 1.12 bits per heavy atom. The van der Waals surface area contributed by atoms with Crippen LogP contribution in [0.5, 0.6) is 5.75 Å². The molecule has 0 saturated carbocycles. The molecule has 0 aliphatic carbocycles. The molecule has 24 heavy (non-hydrogen) atoms. The molecule has 1 unspecified atom stereocenters. The molecule has 3 N–H and O–H groups in total. The number of hydrogen-bond acceptors (Lipinski definition) is 3. The maximum Gasteiger partial charge on any atom is 0.191 e. The molecule has 0 amide bonds. The molecule has 128 valence electrons. The first-order valence-corrected chi connectivity index (χ1v) is 8.11. The van der Waals surface area contributed by atoms with Crippen LogP contribution in [0.1, 0.15) is 24.2 Å². The van der Waals surface area contributed by atoms with Gasteiger partial charge < -0.3 is 20.5 Å². The molecule has 0 aliphatic heterocycles. The largest absolute Gasteiger partial charge is 0.497 e. The van der Waals surface area contributed by atoms with Crippen LogP contribution in [-0.2, 0) is 6.54 Å². The van der Waals surface area contributed by atoms with E-state index in [4.69, 9.17) is 4.74 Å². The maximum absolute atomic E-state index is 10.3. The van der Waals surface area contributed by atoms with E-state index in [9.17, 15) is 5.11 Å². The predicted molar refractivity (Wildman–Crippen MR) is 97.2 cm³/mol. The lowest BCUT2D eigenvalue weighted by Gasteiger charge is -2.16. The van der Waals surface area contributed by atoms with Gasteiger partial charge in [-0.3, -0.25) is 0 Å². The third-order valence-electron chi connectivity index (χ3n) is 3.55. The number of aliphatic hydroxyl groups excluding tert-OH is 1. The van der Waals surface area contributed by atoms with Crippen LogP contribution >= 0.6 is 0 Å². The van der Waals surface area contributed by atoms with Gasteiger partial charge in [-0.1, -0.05) is 42.5 Å². The quantitative estimate of drug-likeness (QED) is 0.540. The number of ether oxygens (including phenoxy) is 1. The first-order valence-electron chi connectivity index (χ1n) is 8.11. The topological polar surface area (TPSA) is 65.9 Å². The lowest BCUT2D eigenvalue weighted by Crippen LogP contribution is -2.39. The van der Waals surface area contributed by atoms with Gasteiger partial charge >= 0.3 is 0 Å². The summed E-state index contributed by atoms with van der Waals surface area (Å²) >= 11 is 0. The molecule has 0 fully saturated rings. The minimum absolute atomic E-state index is 0.369. The van der Waals surface area contributed by atoms with Crippen molar-refractivity contribution in [1.82, 2.24) is 10.6 Å². The van der Waals surface area contributed by atoms with Crippen molar-refractivity contribution >= 4 is 5.96 Å². The van der Waals surface area contributed by atoms with Crippen LogP contribution in [0.3, 0.4) is 0 Å². The zero-order chi connectivity index (χ0) is 17.2. The van der Waals surface area contributed by atoms with Gasteiger partial charge in [-0.25, -0.2) is 4.99 Å². The molecule has 0 bridgehead atoms. The number of aliphatic hydroxyl groups is 1. The number of benzene rings is 2. The van der Waals surface area contributed by atoms with Crippen molar-refractivity contribution in [3.8, 4) is 5.75 Å². The van der Waals surface area contributed by atoms with Crippen molar-refractivity contribution in [3.63, 3.8) is 0 Å². The summed E-state index contributed by atoms with van der Waals surface area (Å²) in [5, 5.41) is 16.7. The van der Waals surface area contributed by atoms with Crippen molar-refractivity contribution in [2.45, 2.75) is 19.6 Å². The van der Waals surface area contributed by atoms with E-state index in [0.717, 1.165) is 23.4 Å². The van der Waals surface area contributed by atoms with Gasteiger partial charge in [0.25, 0.3) is 0 Å². The minimum atomic E-state index is -0.638. The fourth-order valence-corrected chi connectivity index (χ4v) is 2.26. The van der Waals surface area contributed by atoms with Crippen molar-refractivity contribution in [2.75, 3.05) is 20.2 Å². The van der Waals surface area contributed by atoms with Crippen LogP contribution in [0.4, 0.5) is 0 Å². The van der Waals surface area contributed by atoms with E-state index in [0.29, 0.717) is 19.0 Å². The highest BCUT2D eigenvalue weighted by Crippen LogP contribution is 2.18. The average Bonchev–Trinajstić information content (AvgIpc) is 2.64. The van der Waals surface area contributed by atoms with Crippen molar-refractivity contribution in [2.24, 2.45) is 4.99 Å². The molecule has 0 aromatic heterocycles. The second-order valence-corrected chi connectivity index (χ2v) is 5.35. The second-order valence-electron chi connectivity index (χ2n) is 5.35. The molecule has 0 spiro atoms. The molecule has 1 atom stereocenters. The van der Waals surface area contributed by atoms with Crippen LogP contribution in [-0.4, -0.2) is 31.3 Å². The first kappa shape index (κ1) is 17.8. The Morgan fingerprint density at radius 3 is 2.62 bits per heavy atom. The Labute approximate surface area is 143 Å². The van der Waals surface area contributed by atoms with E-state index >= 15 is 0 Å². The first-order chi connectivity index (χ1) is 11.7. The monoisotopic (exact) mass is 327 g/mol. The number of hydrogen-bond donors (Lipinski definition) is 3. The number of methoxy groups -OCH3 is 1. The smallest absolute Gasteiger partial charge is 0.191 e. The molecule has 0 saturated heterocycles. The van der Waals surface area contributed by atoms with Crippen LogP contribution < -0.4 is 15.4 Å². The Bertz CT molecular complexity index is 644. The fraction of sp³-hybridized carbons (Fsp3) is 0.316. The van der Waals surface area contributed by atoms with Gasteiger partial charge in [0.15, 0.2) is 5.96 Å². The van der Waals surface area contributed by atoms with Crippen LogP contribution in [0.2, 0.25) is 0 Å². The maximum atomic E-state index is 10.3. The van der Waals surface area contributed by atoms with Crippen molar-refractivity contribution in [3.05, 3.63) is 65.7 Å². The van der Waals surface area contributed by atoms with E-state index in [1.165, 1.54) is 0 Å². The highest BCUT2D eigenvalue weighted by atomic mass is 16.5. The Morgan fingerprint density at radius 2 is 1.92 bits per heavy atom. The fourth-order valence-electron chi connectivity index (χ4n) is 2.26. The standard InChI is InChI=1S/C19H25N3O2/c1-3-20-19(21-13-15-8-5-4-6-9-15)22-14-18(23)16-10-7-11-17(12-16)24-2/h4-12,18,23H,3,13-14H2,1-2H3,(H2,20,21,22). The van der Waals surface area contributed by atoms with Gasteiger partial charge in [0.05, 0.1) is 19.8 Å². The van der Waals surface area contributed by atoms with Gasteiger partial charge in [-0.15, -0.1) is 0 Å². The van der Waals surface area contributed by atoms with Crippen LogP contribution in [0.15, 0.2) is 59.6 Å². The summed E-state index contributed by atoms with van der Waals surface area (Å²) in [6.07, 6.45) is -0.638. The lowest BCUT2D eigenvalue weighted by atomic mass is 10.1. The Balaban J connectivity index is 1.94. The van der Waals surface area contributed by atoms with E-state index in [2.05, 4.69) is 15.6 Å². The number of aliphatic imine (C=N–C) groups is 1. The van der Waals surface area contributed by atoms with E-state index < -0.39 is 6.10 Å². The van der Waals surface area contributed by atoms with Gasteiger partial charge in [0.2, 0.25) is 0 Å². The third-order valence-corrected chi connectivity index (χ3v) is 3.55. The zero-order valence-electron chi connectivity index (χ0n) is 14.2. The van der Waals surface area contributed by atoms with Crippen LogP contribution in [0, 0.1) is 0 Å². The van der Waals surface area contributed by atoms with Gasteiger partial charge in [0, 0.05) is 13.1 Å². The molecule has 5 heteroatoms. The summed E-state index contributed by atoms with van der Waals surface area (Å²) in [5.74, 6) is 1.42. The predicted octanol–water partition coefficient (Wildman–Crippen LogP) is 2.48. The molecule has 0 aliphatic rings. The molecule has 0 radical (unpaired) electrons. The average molecular weight is 327 g/mol. The molecule has 5 nitrogen and oxygen atoms in total. The lowest BCUT2D eigenvalue weighted by molar-refractivity contribution is 0.180. The Hall–Kier alpha value is -2.53. The molecule has 2 rings (SSSR count). The SMILES string of the molecule is CCNC(=NCc1ccccc1)NCC(O)c1cccc(OC)c1. The summed E-state index contributed by atoms with van der Waals surface area (Å²) in [7, 11) is 1.61. The van der Waals surface area contributed by atoms with Crippen molar-refractivity contribution in [1.29, 1.82) is 0 Å². The molecule has 2 aromatic rings. The minimum Gasteiger partial charge on any atom is -0.497 e. The Kier molecular flexibility index (Phi) is 7.11. The number of nitrogens with zero attached hydrogens (tertiary/aromatic N) is 1. The van der Waals surface area contributed by atoms with Crippen molar-refractivity contribution < 1.29 is 9.84 Å². The molecule has 2 aromatic carbocycles. The summed E-state index contributed by atoms with van der Waals surface area (Å²) < 4.78 is 5.19. The van der Waals surface area contributed by atoms with Gasteiger partial charge in [-0.05, 0) is 30.2 Å².